The van der Waals surface area contributed by atoms with Gasteiger partial charge in [-0.2, -0.15) is 0 Å². The molecule has 2 N–H and O–H groups in total. The van der Waals surface area contributed by atoms with Crippen LogP contribution in [0.5, 0.6) is 5.75 Å². The predicted octanol–water partition coefficient (Wildman–Crippen LogP) is 2.08. The highest BCUT2D eigenvalue weighted by Crippen LogP contribution is 2.29. The zero-order valence-corrected chi connectivity index (χ0v) is 17.2. The predicted molar refractivity (Wildman–Crippen MR) is 106 cm³/mol. The van der Waals surface area contributed by atoms with Crippen molar-refractivity contribution in [3.8, 4) is 5.75 Å². The minimum atomic E-state index is -3.53. The van der Waals surface area contributed by atoms with E-state index in [-0.39, 0.29) is 28.7 Å². The van der Waals surface area contributed by atoms with Crippen molar-refractivity contribution in [3.63, 3.8) is 0 Å². The van der Waals surface area contributed by atoms with Gasteiger partial charge in [-0.1, -0.05) is 0 Å². The molecule has 1 aromatic rings. The Morgan fingerprint density at radius 3 is 2.43 bits per heavy atom. The van der Waals surface area contributed by atoms with E-state index in [1.807, 2.05) is 0 Å². The smallest absolute Gasteiger partial charge is 0.240 e. The topological polar surface area (TPSA) is 93.7 Å². The van der Waals surface area contributed by atoms with Crippen molar-refractivity contribution < 1.29 is 22.7 Å². The average molecular weight is 411 g/mol. The number of hydrogen-bond acceptors (Lipinski definition) is 5. The fourth-order valence-corrected chi connectivity index (χ4v) is 4.97. The first-order valence-corrected chi connectivity index (χ1v) is 11.5. The van der Waals surface area contributed by atoms with E-state index in [9.17, 15) is 13.2 Å². The fourth-order valence-electron chi connectivity index (χ4n) is 3.86. The Hall–Kier alpha value is -1.64. The molecule has 1 aliphatic heterocycles. The number of sulfonamides is 1. The maximum Gasteiger partial charge on any atom is 0.240 e. The first-order valence-electron chi connectivity index (χ1n) is 10.0. The van der Waals surface area contributed by atoms with Crippen molar-refractivity contribution in [1.29, 1.82) is 0 Å². The molecule has 3 rings (SSSR count). The molecule has 0 radical (unpaired) electrons. The third-order valence-corrected chi connectivity index (χ3v) is 7.12. The van der Waals surface area contributed by atoms with E-state index in [0.29, 0.717) is 18.8 Å². The summed E-state index contributed by atoms with van der Waals surface area (Å²) in [5.74, 6) is 1.01. The molecule has 1 heterocycles. The van der Waals surface area contributed by atoms with Crippen LogP contribution in [0.4, 0.5) is 0 Å². The molecular weight excluding hydrogens is 380 g/mol. The number of hydrogen-bond donors (Lipinski definition) is 2. The van der Waals surface area contributed by atoms with Crippen LogP contribution >= 0.6 is 0 Å². The second kappa shape index (κ2) is 9.71. The van der Waals surface area contributed by atoms with Crippen molar-refractivity contribution in [3.05, 3.63) is 24.3 Å². The molecule has 1 atom stereocenters. The van der Waals surface area contributed by atoms with Crippen LogP contribution in [0.15, 0.2) is 29.2 Å². The van der Waals surface area contributed by atoms with Crippen molar-refractivity contribution in [2.75, 3.05) is 26.8 Å². The maximum atomic E-state index is 12.4. The van der Waals surface area contributed by atoms with E-state index in [1.54, 1.807) is 19.2 Å². The fraction of sp³-hybridized carbons (Fsp3) is 0.650. The third-order valence-electron chi connectivity index (χ3n) is 5.68. The zero-order chi connectivity index (χ0) is 20.0. The minimum absolute atomic E-state index is 0.0239. The molecule has 2 aliphatic rings. The molecule has 0 unspecified atom stereocenters. The van der Waals surface area contributed by atoms with Crippen LogP contribution < -0.4 is 14.8 Å². The third kappa shape index (κ3) is 5.68. The molecule has 1 amide bonds. The number of carbonyl (C=O) groups is 1. The Morgan fingerprint density at radius 1 is 1.11 bits per heavy atom. The Bertz CT molecular complexity index is 736. The molecule has 1 saturated heterocycles. The van der Waals surface area contributed by atoms with Crippen LogP contribution in [-0.4, -0.2) is 47.2 Å². The molecule has 0 bridgehead atoms. The molecule has 0 aromatic heterocycles. The van der Waals surface area contributed by atoms with Gasteiger partial charge < -0.3 is 14.8 Å². The van der Waals surface area contributed by atoms with Crippen LogP contribution in [0.2, 0.25) is 0 Å². The molecule has 1 aliphatic carbocycles. The van der Waals surface area contributed by atoms with Gasteiger partial charge in [-0.05, 0) is 68.7 Å². The normalized spacial score (nSPS) is 25.4. The molecule has 1 aromatic carbocycles. The van der Waals surface area contributed by atoms with Gasteiger partial charge >= 0.3 is 0 Å². The Morgan fingerprint density at radius 2 is 1.82 bits per heavy atom. The lowest BCUT2D eigenvalue weighted by Crippen LogP contribution is -2.38. The van der Waals surface area contributed by atoms with Gasteiger partial charge in [0.1, 0.15) is 5.75 Å². The van der Waals surface area contributed by atoms with Gasteiger partial charge in [0.05, 0.1) is 18.1 Å². The summed E-state index contributed by atoms with van der Waals surface area (Å²) in [5, 5.41) is 3.01. The van der Waals surface area contributed by atoms with E-state index in [2.05, 4.69) is 10.0 Å². The summed E-state index contributed by atoms with van der Waals surface area (Å²) < 4.78 is 38.2. The number of nitrogens with one attached hydrogen (secondary N) is 2. The summed E-state index contributed by atoms with van der Waals surface area (Å²) in [5.41, 5.74) is 0. The number of methoxy groups -OCH3 is 1. The van der Waals surface area contributed by atoms with Crippen LogP contribution in [0, 0.1) is 11.8 Å². The van der Waals surface area contributed by atoms with Crippen LogP contribution in [0.1, 0.15) is 38.5 Å². The van der Waals surface area contributed by atoms with Crippen LogP contribution in [-0.2, 0) is 19.6 Å². The van der Waals surface area contributed by atoms with Crippen molar-refractivity contribution in [2.45, 2.75) is 49.5 Å². The first-order chi connectivity index (χ1) is 13.5. The van der Waals surface area contributed by atoms with Gasteiger partial charge in [0.2, 0.25) is 15.9 Å². The second-order valence-corrected chi connectivity index (χ2v) is 9.39. The molecule has 28 heavy (non-hydrogen) atoms. The highest BCUT2D eigenvalue weighted by Gasteiger charge is 2.28. The second-order valence-electron chi connectivity index (χ2n) is 7.63. The average Bonchev–Trinajstić information content (AvgIpc) is 3.24. The maximum absolute atomic E-state index is 12.4. The molecule has 156 valence electrons. The van der Waals surface area contributed by atoms with Crippen molar-refractivity contribution in [2.24, 2.45) is 11.8 Å². The van der Waals surface area contributed by atoms with E-state index >= 15 is 0 Å². The van der Waals surface area contributed by atoms with Gasteiger partial charge in [0.25, 0.3) is 0 Å². The van der Waals surface area contributed by atoms with E-state index in [1.165, 1.54) is 12.1 Å². The number of amides is 1. The lowest BCUT2D eigenvalue weighted by atomic mass is 9.81. The summed E-state index contributed by atoms with van der Waals surface area (Å²) in [7, 11) is -1.99. The Kier molecular flexibility index (Phi) is 7.31. The van der Waals surface area contributed by atoms with E-state index in [4.69, 9.17) is 9.47 Å². The number of benzene rings is 1. The summed E-state index contributed by atoms with van der Waals surface area (Å²) in [6.45, 7) is 1.79. The lowest BCUT2D eigenvalue weighted by Gasteiger charge is -2.28. The highest BCUT2D eigenvalue weighted by molar-refractivity contribution is 7.89. The monoisotopic (exact) mass is 410 g/mol. The largest absolute Gasteiger partial charge is 0.497 e. The summed E-state index contributed by atoms with van der Waals surface area (Å²) >= 11 is 0. The molecule has 1 saturated carbocycles. The molecule has 8 heteroatoms. The van der Waals surface area contributed by atoms with Gasteiger partial charge in [-0.25, -0.2) is 13.1 Å². The van der Waals surface area contributed by atoms with Crippen molar-refractivity contribution >= 4 is 15.9 Å². The minimum Gasteiger partial charge on any atom is -0.497 e. The van der Waals surface area contributed by atoms with E-state index < -0.39 is 10.0 Å². The number of rotatable bonds is 8. The Labute approximate surface area is 167 Å². The van der Waals surface area contributed by atoms with Gasteiger partial charge in [-0.15, -0.1) is 0 Å². The van der Waals surface area contributed by atoms with E-state index in [0.717, 1.165) is 45.1 Å². The number of ether oxygens (including phenoxy) is 2. The molecule has 7 nitrogen and oxygen atoms in total. The van der Waals surface area contributed by atoms with Crippen LogP contribution in [0.3, 0.4) is 0 Å². The quantitative estimate of drug-likeness (QED) is 0.684. The SMILES string of the molecule is COc1ccc(S(=O)(=O)NCC2CCC(C(=O)NC[C@H]3CCCO3)CC2)cc1. The Balaban J connectivity index is 1.40. The summed E-state index contributed by atoms with van der Waals surface area (Å²) in [4.78, 5) is 12.6. The molecular formula is C20H30N2O5S. The molecule has 2 fully saturated rings. The van der Waals surface area contributed by atoms with Gasteiger partial charge in [0.15, 0.2) is 0 Å². The standard InChI is InChI=1S/C20H30N2O5S/c1-26-17-8-10-19(11-9-17)28(24,25)22-13-15-4-6-16(7-5-15)20(23)21-14-18-3-2-12-27-18/h8-11,15-16,18,22H,2-7,12-14H2,1H3,(H,21,23)/t15?,16?,18-/m1/s1. The van der Waals surface area contributed by atoms with Crippen molar-refractivity contribution in [1.82, 2.24) is 10.0 Å². The molecule has 0 spiro atoms. The van der Waals surface area contributed by atoms with Gasteiger partial charge in [-0.3, -0.25) is 4.79 Å². The highest BCUT2D eigenvalue weighted by atomic mass is 32.2. The summed E-state index contributed by atoms with van der Waals surface area (Å²) in [6, 6.07) is 6.34. The number of carbonyl (C=O) groups excluding carboxylic acids is 1. The first kappa shape index (κ1) is 21.1. The lowest BCUT2D eigenvalue weighted by molar-refractivity contribution is -0.126. The zero-order valence-electron chi connectivity index (χ0n) is 16.4. The van der Waals surface area contributed by atoms with Crippen LogP contribution in [0.25, 0.3) is 0 Å². The van der Waals surface area contributed by atoms with Gasteiger partial charge in [0, 0.05) is 25.6 Å². The summed E-state index contributed by atoms with van der Waals surface area (Å²) in [6.07, 6.45) is 5.54.